The molecule has 0 aromatic heterocycles. The molecule has 2 unspecified atom stereocenters. The summed E-state index contributed by atoms with van der Waals surface area (Å²) in [6, 6.07) is 13.4. The number of hydrogen-bond acceptors (Lipinski definition) is 34. The number of aliphatic hydroxyl groups excluding tert-OH is 4. The van der Waals surface area contributed by atoms with Gasteiger partial charge in [0, 0.05) is 79.6 Å². The molecule has 0 bridgehead atoms. The normalized spacial score (nSPS) is 28.4. The molecule has 8 N–H and O–H groups in total. The number of ketones is 8. The van der Waals surface area contributed by atoms with Gasteiger partial charge in [0.05, 0.1) is 140 Å². The maximum atomic E-state index is 12.9. The van der Waals surface area contributed by atoms with Crippen LogP contribution in [0.3, 0.4) is 0 Å². The van der Waals surface area contributed by atoms with Gasteiger partial charge in [0.1, 0.15) is 45.9 Å². The van der Waals surface area contributed by atoms with Crippen molar-refractivity contribution >= 4 is 188 Å². The molecule has 9 aliphatic heterocycles. The third-order valence-corrected chi connectivity index (χ3v) is 34.6. The number of carboxylic acid groups (broad SMARTS) is 2. The third-order valence-electron chi connectivity index (χ3n) is 27.0. The fourth-order valence-electron chi connectivity index (χ4n) is 19.5. The van der Waals surface area contributed by atoms with E-state index in [4.69, 9.17) is 18.9 Å². The number of aliphatic hydroxyl groups is 4. The van der Waals surface area contributed by atoms with Crippen LogP contribution in [0.5, 0.6) is 0 Å². The molecule has 47 heteroatoms. The summed E-state index contributed by atoms with van der Waals surface area (Å²) in [5, 5.41) is 60.6. The van der Waals surface area contributed by atoms with Gasteiger partial charge in [-0.2, -0.15) is 13.2 Å². The molecule has 37 nitrogen and oxygen atoms in total. The number of halogens is 3. The fraction of sp³-hybridized carbons (Fsp3) is 0.586. The first kappa shape index (κ1) is 124. The van der Waals surface area contributed by atoms with Crippen LogP contribution in [0.1, 0.15) is 214 Å². The number of imide groups is 1. The van der Waals surface area contributed by atoms with Crippen LogP contribution in [0.15, 0.2) is 102 Å². The van der Waals surface area contributed by atoms with Gasteiger partial charge < -0.3 is 74.5 Å². The number of benzene rings is 2. The number of amides is 7. The van der Waals surface area contributed by atoms with Gasteiger partial charge in [-0.15, -0.1) is 58.8 Å². The largest absolute Gasteiger partial charge is 1.00 e. The standard InChI is InChI=1S/2C22H29NO8S.C21H19F3N2O3S.2C16H19NO6S.2CH4.2Na/c2*1-10-16-15(11(2)24)19(27)23(16)17(20(28)30-9-31-21(29)22(3,4)5)18(10)32-14-7-6-12(25)8-13(14)26;1-2-20(13-8-10-14(11-9-13)25-19(29)21(22,23)24)12-16(17(27)26-18(20)28)30-15-6-4-3-5-7-15;2*1-6-12-11(7(2)18)15(21)17(12)13(16(22)23)14(6)24-10-4-3-8(19)5-9(10)20;;;;/h2*10-11,14-16,24H,6-9H2,1-5H3;3-11,16H,2,12H2,1H3,(H,25,29)(H,26,27,28);2*6-7,10-12,18H,3-5H2,1-2H3,(H,22,23);2*1H4;;/q;;;;;;;2*+1/t10-,11-,14+,15-,16-;10-,11-,14-,15-,16-;;6-,7-,10+,11-,12-;6-,7-,10-,11-,12-;;;;/m11.11..../s1. The number of carboxylic acids is 2. The van der Waals surface area contributed by atoms with E-state index < -0.39 is 182 Å². The number of carbonyl (C=O) groups is 21. The summed E-state index contributed by atoms with van der Waals surface area (Å²) in [7, 11) is 0. The first-order chi connectivity index (χ1) is 66.3. The zero-order valence-corrected chi connectivity index (χ0v) is 90.6. The maximum absolute atomic E-state index is 12.9. The summed E-state index contributed by atoms with van der Waals surface area (Å²) < 4.78 is 57.6. The zero-order valence-electron chi connectivity index (χ0n) is 82.5. The van der Waals surface area contributed by atoms with Gasteiger partial charge in [-0.3, -0.25) is 86.8 Å². The minimum absolute atomic E-state index is 0. The average molecular weight is 2160 g/mol. The van der Waals surface area contributed by atoms with Crippen molar-refractivity contribution in [1.82, 2.24) is 24.9 Å². The Morgan fingerprint density at radius 1 is 0.438 bits per heavy atom. The predicted molar refractivity (Wildman–Crippen MR) is 518 cm³/mol. The number of fused-ring (bicyclic) bond motifs is 4. The van der Waals surface area contributed by atoms with E-state index in [1.54, 1.807) is 46.9 Å². The van der Waals surface area contributed by atoms with Crippen LogP contribution in [0, 0.1) is 58.2 Å². The SMILES string of the molecule is C.C.CCC1(c2ccc(NC(=O)C(F)(F)F)cc2)CC(Sc2ccccc2)C(=O)NC1=O.C[C@@H](O)[C@H]1C(=O)N2C(C(=O)O)=C(S[C@@H]3CCC(=O)CC3=O)[C@H](C)[C@H]12.C[C@@H](O)[C@H]1C(=O)N2C(C(=O)O)=C(S[C@H]3CCC(=O)CC3=O)[C@H](C)[C@H]12.C[C@@H](O)[C@H]1C(=O)N2C(C(=O)OCOC(=O)C(C)(C)C)=C(S[C@@H]3CCC(=O)CC3=O)[C@H](C)[C@H]12.C[C@@H](O)[C@H]1C(=O)N2C(C(=O)OCOC(=O)C(C)(C)C)=C(S[C@H]3CCC(=O)CC3=O)[C@H](C)[C@H]12.[Na+].[Na+]. The van der Waals surface area contributed by atoms with E-state index in [0.29, 0.717) is 70.1 Å². The van der Waals surface area contributed by atoms with E-state index in [1.165, 1.54) is 130 Å². The number of ether oxygens (including phenoxy) is 4. The van der Waals surface area contributed by atoms with Gasteiger partial charge >= 0.3 is 107 Å². The third kappa shape index (κ3) is 26.6. The number of nitrogens with one attached hydrogen (secondary N) is 2. The van der Waals surface area contributed by atoms with E-state index in [0.717, 1.165) is 4.90 Å². The second-order valence-electron chi connectivity index (χ2n) is 39.2. The Bertz CT molecular complexity index is 5380. The molecule has 146 heavy (non-hydrogen) atoms. The van der Waals surface area contributed by atoms with E-state index in [1.807, 2.05) is 65.0 Å². The molecule has 15 rings (SSSR count). The molecule has 0 radical (unpaired) electrons. The van der Waals surface area contributed by atoms with Crippen molar-refractivity contribution in [3.8, 4) is 0 Å². The van der Waals surface area contributed by atoms with Crippen LogP contribution in [0.4, 0.5) is 18.9 Å². The first-order valence-electron chi connectivity index (χ1n) is 46.4. The van der Waals surface area contributed by atoms with Crippen molar-refractivity contribution in [2.45, 2.75) is 300 Å². The van der Waals surface area contributed by atoms with E-state index >= 15 is 0 Å². The quantitative estimate of drug-likeness (QED) is 0.0176. The monoisotopic (exact) mass is 2150 g/mol. The Morgan fingerprint density at radius 3 is 0.986 bits per heavy atom. The van der Waals surface area contributed by atoms with Gasteiger partial charge in [-0.1, -0.05) is 79.8 Å². The summed E-state index contributed by atoms with van der Waals surface area (Å²) in [4.78, 5) is 262. The number of aliphatic carboxylic acids is 2. The van der Waals surface area contributed by atoms with Gasteiger partial charge in [0.2, 0.25) is 49.0 Å². The molecular weight excluding hydrogens is 2030 g/mol. The van der Waals surface area contributed by atoms with Gasteiger partial charge in [0.25, 0.3) is 0 Å². The Morgan fingerprint density at radius 2 is 0.726 bits per heavy atom. The smallest absolute Gasteiger partial charge is 0.477 e. The Hall–Kier alpha value is -8.55. The van der Waals surface area contributed by atoms with Gasteiger partial charge in [-0.05, 0) is 138 Å². The van der Waals surface area contributed by atoms with E-state index in [2.05, 4.69) is 5.32 Å². The summed E-state index contributed by atoms with van der Waals surface area (Å²) in [5.41, 5.74) is -2.13. The minimum Gasteiger partial charge on any atom is -0.477 e. The number of β-lactam (4-membered cyclic amide) rings is 4. The summed E-state index contributed by atoms with van der Waals surface area (Å²) in [5.74, 6) is -14.4. The Balaban J connectivity index is 0.000000247. The zero-order chi connectivity index (χ0) is 105. The molecule has 786 valence electrons. The van der Waals surface area contributed by atoms with Crippen LogP contribution in [0.25, 0.3) is 0 Å². The molecule has 9 heterocycles. The molecule has 4 saturated carbocycles. The van der Waals surface area contributed by atoms with Crippen molar-refractivity contribution < 1.29 is 223 Å². The van der Waals surface area contributed by atoms with Crippen molar-refractivity contribution in [1.29, 1.82) is 0 Å². The minimum atomic E-state index is -4.99. The number of nitrogens with zero attached hydrogens (tertiary/aromatic N) is 4. The molecule has 2 aromatic rings. The van der Waals surface area contributed by atoms with Gasteiger partial charge in [-0.25, -0.2) is 19.2 Å². The number of hydrogen-bond donors (Lipinski definition) is 8. The number of carbonyl (C=O) groups excluding carboxylic acids is 19. The van der Waals surface area contributed by atoms with Gasteiger partial charge in [0.15, 0.2) is 23.1 Å². The Labute approximate surface area is 907 Å². The van der Waals surface area contributed by atoms with Crippen LogP contribution < -0.4 is 69.7 Å². The molecule has 5 saturated heterocycles. The molecule has 0 spiro atoms. The van der Waals surface area contributed by atoms with Crippen LogP contribution in [-0.4, -0.2) is 268 Å². The topological polar surface area (TPSA) is 554 Å². The average Bonchev–Trinajstić information content (AvgIpc) is 1.56. The molecule has 7 amide bonds. The number of rotatable bonds is 25. The first-order valence-corrected chi connectivity index (χ1v) is 50.8. The number of esters is 4. The van der Waals surface area contributed by atoms with Crippen molar-refractivity contribution in [2.75, 3.05) is 18.9 Å². The summed E-state index contributed by atoms with van der Waals surface area (Å²) in [6.45, 7) is 24.0. The molecule has 2 aromatic carbocycles. The number of anilines is 1. The maximum Gasteiger partial charge on any atom is 1.00 e. The molecule has 13 aliphatic rings. The molecular formula is C99H123F3N6Na2O31S5+2. The number of alkyl halides is 3. The fourth-order valence-corrected chi connectivity index (χ4v) is 26.3. The number of thioether (sulfide) groups is 5. The summed E-state index contributed by atoms with van der Waals surface area (Å²) in [6.07, 6.45) is -5.60. The number of piperidine rings is 1. The summed E-state index contributed by atoms with van der Waals surface area (Å²) >= 11 is 6.06. The molecule has 9 fully saturated rings. The van der Waals surface area contributed by atoms with Crippen LogP contribution >= 0.6 is 58.8 Å². The van der Waals surface area contributed by atoms with E-state index in [-0.39, 0.29) is 247 Å². The second kappa shape index (κ2) is 50.6. The Kier molecular flexibility index (Phi) is 43.1. The predicted octanol–water partition coefficient (Wildman–Crippen LogP) is 3.59. The molecule has 22 atom stereocenters. The van der Waals surface area contributed by atoms with Crippen LogP contribution in [0.2, 0.25) is 0 Å². The van der Waals surface area contributed by atoms with Crippen LogP contribution in [-0.2, 0) is 125 Å². The second-order valence-corrected chi connectivity index (χ2v) is 45.4. The van der Waals surface area contributed by atoms with Crippen molar-refractivity contribution in [3.05, 3.63) is 103 Å². The number of Topliss-reactive ketones (excluding diaryl/α,β-unsaturated/α-hetero) is 8. The van der Waals surface area contributed by atoms with Crippen molar-refractivity contribution in [2.24, 2.45) is 58.2 Å². The molecule has 4 aliphatic carbocycles. The van der Waals surface area contributed by atoms with E-state index in [9.17, 15) is 144 Å². The van der Waals surface area contributed by atoms with Crippen molar-refractivity contribution in [3.63, 3.8) is 0 Å².